The summed E-state index contributed by atoms with van der Waals surface area (Å²) < 4.78 is 5.70. The van der Waals surface area contributed by atoms with Crippen molar-refractivity contribution < 1.29 is 14.6 Å². The van der Waals surface area contributed by atoms with Gasteiger partial charge in [0.15, 0.2) is 5.75 Å². The summed E-state index contributed by atoms with van der Waals surface area (Å²) in [7, 11) is 0. The molecule has 1 heterocycles. The largest absolute Gasteiger partial charge is 0.488 e. The van der Waals surface area contributed by atoms with Crippen LogP contribution in [0.5, 0.6) is 5.75 Å². The first-order chi connectivity index (χ1) is 8.49. The molecular formula is C12H13ClN2O3. The molecule has 0 aliphatic carbocycles. The zero-order valence-electron chi connectivity index (χ0n) is 10.1. The number of fused-ring (bicyclic) bond motifs is 1. The predicted molar refractivity (Wildman–Crippen MR) is 67.1 cm³/mol. The third-order valence-electron chi connectivity index (χ3n) is 2.83. The first kappa shape index (κ1) is 12.8. The summed E-state index contributed by atoms with van der Waals surface area (Å²) in [5.74, 6) is 0.550. The van der Waals surface area contributed by atoms with Gasteiger partial charge in [-0.2, -0.15) is 0 Å². The minimum Gasteiger partial charge on any atom is -0.488 e. The molecule has 0 radical (unpaired) electrons. The number of halogens is 1. The van der Waals surface area contributed by atoms with E-state index in [1.807, 2.05) is 13.8 Å². The summed E-state index contributed by atoms with van der Waals surface area (Å²) in [5, 5.41) is 16.0. The Kier molecular flexibility index (Phi) is 3.52. The Morgan fingerprint density at radius 1 is 1.61 bits per heavy atom. The fourth-order valence-corrected chi connectivity index (χ4v) is 2.19. The number of rotatable bonds is 1. The third kappa shape index (κ3) is 2.46. The van der Waals surface area contributed by atoms with E-state index in [-0.39, 0.29) is 6.10 Å². The number of carbonyl (C=O) groups is 1. The van der Waals surface area contributed by atoms with Gasteiger partial charge in [0, 0.05) is 5.56 Å². The molecule has 0 saturated heterocycles. The predicted octanol–water partition coefficient (Wildman–Crippen LogP) is 4.12. The van der Waals surface area contributed by atoms with Crippen molar-refractivity contribution in [1.82, 2.24) is 0 Å². The number of ether oxygens (including phenoxy) is 1. The smallest absolute Gasteiger partial charge is 0.449 e. The van der Waals surface area contributed by atoms with Crippen molar-refractivity contribution in [3.8, 4) is 5.75 Å². The number of azo groups is 1. The van der Waals surface area contributed by atoms with E-state index in [1.54, 1.807) is 6.07 Å². The van der Waals surface area contributed by atoms with Crippen LogP contribution in [-0.2, 0) is 6.42 Å². The highest BCUT2D eigenvalue weighted by Gasteiger charge is 2.23. The Morgan fingerprint density at radius 2 is 2.33 bits per heavy atom. The molecule has 1 aliphatic heterocycles. The summed E-state index contributed by atoms with van der Waals surface area (Å²) in [4.78, 5) is 10.4. The van der Waals surface area contributed by atoms with Crippen molar-refractivity contribution in [2.75, 3.05) is 0 Å². The van der Waals surface area contributed by atoms with Gasteiger partial charge >= 0.3 is 6.09 Å². The molecule has 1 amide bonds. The van der Waals surface area contributed by atoms with E-state index in [2.05, 4.69) is 10.2 Å². The van der Waals surface area contributed by atoms with E-state index < -0.39 is 6.09 Å². The van der Waals surface area contributed by atoms with Crippen molar-refractivity contribution in [3.05, 3.63) is 22.2 Å². The Labute approximate surface area is 109 Å². The van der Waals surface area contributed by atoms with Gasteiger partial charge in [-0.25, -0.2) is 4.79 Å². The molecular weight excluding hydrogens is 256 g/mol. The average Bonchev–Trinajstić information content (AvgIpc) is 2.31. The first-order valence-electron chi connectivity index (χ1n) is 5.62. The number of nitrogens with zero attached hydrogens (tertiary/aromatic N) is 2. The van der Waals surface area contributed by atoms with Crippen molar-refractivity contribution in [2.45, 2.75) is 32.8 Å². The number of hydrogen-bond acceptors (Lipinski definition) is 3. The summed E-state index contributed by atoms with van der Waals surface area (Å²) >= 11 is 6.22. The van der Waals surface area contributed by atoms with Crippen LogP contribution in [0.2, 0.25) is 5.02 Å². The van der Waals surface area contributed by atoms with Gasteiger partial charge in [-0.3, -0.25) is 0 Å². The summed E-state index contributed by atoms with van der Waals surface area (Å²) in [6, 6.07) is 1.69. The Morgan fingerprint density at radius 3 is 3.00 bits per heavy atom. The molecule has 18 heavy (non-hydrogen) atoms. The SMILES string of the molecule is Cc1cc(N=NC(=O)O)c2c(c1Cl)CCC(C)O2. The second kappa shape index (κ2) is 4.94. The molecule has 6 heteroatoms. The summed E-state index contributed by atoms with van der Waals surface area (Å²) in [5.41, 5.74) is 2.14. The zero-order chi connectivity index (χ0) is 13.3. The van der Waals surface area contributed by atoms with Crippen molar-refractivity contribution >= 4 is 23.4 Å². The second-order valence-electron chi connectivity index (χ2n) is 4.28. The number of carboxylic acid groups (broad SMARTS) is 1. The lowest BCUT2D eigenvalue weighted by Gasteiger charge is -2.25. The summed E-state index contributed by atoms with van der Waals surface area (Å²) in [6.45, 7) is 3.80. The summed E-state index contributed by atoms with van der Waals surface area (Å²) in [6.07, 6.45) is 0.411. The number of benzene rings is 1. The van der Waals surface area contributed by atoms with Crippen LogP contribution in [0.25, 0.3) is 0 Å². The molecule has 0 saturated carbocycles. The van der Waals surface area contributed by atoms with Gasteiger partial charge in [0.05, 0.1) is 11.1 Å². The lowest BCUT2D eigenvalue weighted by atomic mass is 9.99. The van der Waals surface area contributed by atoms with Crippen LogP contribution in [0.3, 0.4) is 0 Å². The van der Waals surface area contributed by atoms with E-state index in [0.29, 0.717) is 16.5 Å². The zero-order valence-corrected chi connectivity index (χ0v) is 10.9. The lowest BCUT2D eigenvalue weighted by Crippen LogP contribution is -2.19. The van der Waals surface area contributed by atoms with Gasteiger partial charge in [0.2, 0.25) is 0 Å². The first-order valence-corrected chi connectivity index (χ1v) is 6.00. The molecule has 5 nitrogen and oxygen atoms in total. The molecule has 1 atom stereocenters. The van der Waals surface area contributed by atoms with Gasteiger partial charge in [-0.05, 0) is 38.3 Å². The highest BCUT2D eigenvalue weighted by Crippen LogP contribution is 2.42. The molecule has 1 aromatic rings. The van der Waals surface area contributed by atoms with Crippen LogP contribution in [-0.4, -0.2) is 17.3 Å². The second-order valence-corrected chi connectivity index (χ2v) is 4.66. The minimum absolute atomic E-state index is 0.0649. The number of hydrogen-bond donors (Lipinski definition) is 1. The Balaban J connectivity index is 2.52. The average molecular weight is 269 g/mol. The molecule has 1 N–H and O–H groups in total. The van der Waals surface area contributed by atoms with Crippen LogP contribution in [0, 0.1) is 6.92 Å². The van der Waals surface area contributed by atoms with Gasteiger partial charge in [-0.1, -0.05) is 16.7 Å². The van der Waals surface area contributed by atoms with Crippen LogP contribution < -0.4 is 4.74 Å². The highest BCUT2D eigenvalue weighted by molar-refractivity contribution is 6.32. The monoisotopic (exact) mass is 268 g/mol. The molecule has 1 unspecified atom stereocenters. The van der Waals surface area contributed by atoms with E-state index in [9.17, 15) is 4.79 Å². The lowest BCUT2D eigenvalue weighted by molar-refractivity contribution is 0.193. The maximum Gasteiger partial charge on any atom is 0.449 e. The van der Waals surface area contributed by atoms with Crippen LogP contribution in [0.1, 0.15) is 24.5 Å². The fraction of sp³-hybridized carbons (Fsp3) is 0.417. The molecule has 0 aromatic heterocycles. The van der Waals surface area contributed by atoms with Crippen LogP contribution in [0.15, 0.2) is 16.3 Å². The van der Waals surface area contributed by atoms with Crippen molar-refractivity contribution in [3.63, 3.8) is 0 Å². The highest BCUT2D eigenvalue weighted by atomic mass is 35.5. The van der Waals surface area contributed by atoms with Crippen LogP contribution >= 0.6 is 11.6 Å². The van der Waals surface area contributed by atoms with E-state index in [1.165, 1.54) is 0 Å². The molecule has 1 aliphatic rings. The normalized spacial score (nSPS) is 18.5. The van der Waals surface area contributed by atoms with Gasteiger partial charge < -0.3 is 9.84 Å². The van der Waals surface area contributed by atoms with Crippen molar-refractivity contribution in [2.24, 2.45) is 10.2 Å². The maximum absolute atomic E-state index is 10.4. The van der Waals surface area contributed by atoms with E-state index >= 15 is 0 Å². The molecule has 1 aromatic carbocycles. The minimum atomic E-state index is -1.33. The van der Waals surface area contributed by atoms with Gasteiger partial charge in [0.1, 0.15) is 5.69 Å². The van der Waals surface area contributed by atoms with E-state index in [0.717, 1.165) is 24.0 Å². The van der Waals surface area contributed by atoms with E-state index in [4.69, 9.17) is 21.4 Å². The quantitative estimate of drug-likeness (QED) is 0.779. The fourth-order valence-electron chi connectivity index (χ4n) is 1.96. The molecule has 96 valence electrons. The van der Waals surface area contributed by atoms with Gasteiger partial charge in [0.25, 0.3) is 0 Å². The number of aryl methyl sites for hydroxylation is 1. The molecule has 0 bridgehead atoms. The Hall–Kier alpha value is -1.62. The Bertz CT molecular complexity index is 529. The standard InChI is InChI=1S/C12H13ClN2O3/c1-6-5-9(14-15-12(16)17)11-8(10(6)13)4-3-7(2)18-11/h5,7H,3-4H2,1-2H3,(H,16,17). The molecule has 2 rings (SSSR count). The topological polar surface area (TPSA) is 71.2 Å². The number of amides is 1. The molecule has 0 spiro atoms. The van der Waals surface area contributed by atoms with Gasteiger partial charge in [-0.15, -0.1) is 5.11 Å². The third-order valence-corrected chi connectivity index (χ3v) is 3.36. The van der Waals surface area contributed by atoms with Crippen LogP contribution in [0.4, 0.5) is 10.5 Å². The maximum atomic E-state index is 10.4. The van der Waals surface area contributed by atoms with Crippen molar-refractivity contribution in [1.29, 1.82) is 0 Å². The molecule has 0 fully saturated rings.